The maximum atomic E-state index is 12.1. The minimum Gasteiger partial charge on any atom is -0.504 e. The number of halogens is 3. The van der Waals surface area contributed by atoms with Gasteiger partial charge in [0, 0.05) is 31.2 Å². The Balaban J connectivity index is 2.23. The molecule has 1 heterocycles. The number of benzene rings is 1. The summed E-state index contributed by atoms with van der Waals surface area (Å²) in [4.78, 5) is 0. The van der Waals surface area contributed by atoms with Gasteiger partial charge in [0.1, 0.15) is 0 Å². The maximum absolute atomic E-state index is 12.1. The average Bonchev–Trinajstić information content (AvgIpc) is 2.31. The number of alkyl halides is 3. The van der Waals surface area contributed by atoms with E-state index in [2.05, 4.69) is 15.4 Å². The molecule has 0 spiro atoms. The number of phenolic OH excluding ortho intramolecular Hbond substituents is 1. The quantitative estimate of drug-likeness (QED) is 0.756. The fraction of sp³-hybridized carbons (Fsp3) is 0.455. The zero-order chi connectivity index (χ0) is 13.2. The number of hydrogen-bond donors (Lipinski definition) is 3. The molecule has 1 aliphatic heterocycles. The molecule has 0 amide bonds. The number of piperazine rings is 1. The minimum atomic E-state index is -4.81. The van der Waals surface area contributed by atoms with Crippen molar-refractivity contribution in [3.63, 3.8) is 0 Å². The maximum Gasteiger partial charge on any atom is 0.573 e. The summed E-state index contributed by atoms with van der Waals surface area (Å²) in [5.74, 6) is -1.05. The second-order valence-electron chi connectivity index (χ2n) is 3.95. The highest BCUT2D eigenvalue weighted by Crippen LogP contribution is 2.36. The summed E-state index contributed by atoms with van der Waals surface area (Å²) in [6.07, 6.45) is -4.81. The van der Waals surface area contributed by atoms with Gasteiger partial charge in [-0.1, -0.05) is 12.1 Å². The topological polar surface area (TPSA) is 53.5 Å². The highest BCUT2D eigenvalue weighted by molar-refractivity contribution is 5.47. The van der Waals surface area contributed by atoms with Gasteiger partial charge in [0.25, 0.3) is 0 Å². The molecule has 2 rings (SSSR count). The van der Waals surface area contributed by atoms with E-state index in [-0.39, 0.29) is 6.04 Å². The normalized spacial score (nSPS) is 20.7. The molecular weight excluding hydrogens is 249 g/mol. The molecule has 0 saturated carbocycles. The lowest BCUT2D eigenvalue weighted by molar-refractivity contribution is -0.275. The molecule has 3 N–H and O–H groups in total. The first kappa shape index (κ1) is 13.0. The summed E-state index contributed by atoms with van der Waals surface area (Å²) in [7, 11) is 0. The standard InChI is InChI=1S/C11H13F3N2O2/c12-11(13,14)18-9-3-1-2-7(10(9)17)8-6-15-4-5-16-8/h1-3,8,15-17H,4-6H2/t8-/m0/s1. The van der Waals surface area contributed by atoms with Crippen molar-refractivity contribution >= 4 is 0 Å². The Labute approximate surface area is 102 Å². The van der Waals surface area contributed by atoms with Gasteiger partial charge in [-0.3, -0.25) is 0 Å². The van der Waals surface area contributed by atoms with Crippen molar-refractivity contribution in [2.75, 3.05) is 19.6 Å². The first-order valence-electron chi connectivity index (χ1n) is 5.49. The average molecular weight is 262 g/mol. The molecule has 0 unspecified atom stereocenters. The Morgan fingerprint density at radius 3 is 2.67 bits per heavy atom. The highest BCUT2D eigenvalue weighted by atomic mass is 19.4. The van der Waals surface area contributed by atoms with E-state index in [9.17, 15) is 18.3 Å². The molecule has 100 valence electrons. The van der Waals surface area contributed by atoms with Crippen molar-refractivity contribution in [1.29, 1.82) is 0 Å². The predicted molar refractivity (Wildman–Crippen MR) is 58.4 cm³/mol. The summed E-state index contributed by atoms with van der Waals surface area (Å²) in [6, 6.07) is 3.86. The molecule has 18 heavy (non-hydrogen) atoms. The van der Waals surface area contributed by atoms with Crippen LogP contribution >= 0.6 is 0 Å². The van der Waals surface area contributed by atoms with Gasteiger partial charge in [0.2, 0.25) is 0 Å². The number of phenols is 1. The van der Waals surface area contributed by atoms with Gasteiger partial charge in [-0.25, -0.2) is 0 Å². The molecular formula is C11H13F3N2O2. The van der Waals surface area contributed by atoms with Gasteiger partial charge >= 0.3 is 6.36 Å². The van der Waals surface area contributed by atoms with E-state index in [1.54, 1.807) is 6.07 Å². The van der Waals surface area contributed by atoms with Crippen molar-refractivity contribution in [2.24, 2.45) is 0 Å². The molecule has 1 fully saturated rings. The third-order valence-electron chi connectivity index (χ3n) is 2.67. The van der Waals surface area contributed by atoms with E-state index in [1.165, 1.54) is 6.07 Å². The van der Waals surface area contributed by atoms with E-state index in [0.29, 0.717) is 18.7 Å². The van der Waals surface area contributed by atoms with E-state index in [1.807, 2.05) is 0 Å². The summed E-state index contributed by atoms with van der Waals surface area (Å²) >= 11 is 0. The van der Waals surface area contributed by atoms with Gasteiger partial charge < -0.3 is 20.5 Å². The van der Waals surface area contributed by atoms with Crippen LogP contribution in [0.4, 0.5) is 13.2 Å². The van der Waals surface area contributed by atoms with Crippen molar-refractivity contribution in [1.82, 2.24) is 10.6 Å². The first-order valence-corrected chi connectivity index (χ1v) is 5.49. The number of rotatable bonds is 2. The lowest BCUT2D eigenvalue weighted by Gasteiger charge is -2.26. The van der Waals surface area contributed by atoms with Crippen LogP contribution in [-0.2, 0) is 0 Å². The summed E-state index contributed by atoms with van der Waals surface area (Å²) < 4.78 is 40.2. The second-order valence-corrected chi connectivity index (χ2v) is 3.95. The number of para-hydroxylation sites is 1. The van der Waals surface area contributed by atoms with Gasteiger partial charge in [0.15, 0.2) is 11.5 Å². The number of nitrogens with one attached hydrogen (secondary N) is 2. The lowest BCUT2D eigenvalue weighted by atomic mass is 10.0. The van der Waals surface area contributed by atoms with Gasteiger partial charge in [-0.05, 0) is 6.07 Å². The SMILES string of the molecule is Oc1c(OC(F)(F)F)cccc1[C@@H]1CNCCN1. The molecule has 7 heteroatoms. The number of aromatic hydroxyl groups is 1. The number of ether oxygens (including phenoxy) is 1. The monoisotopic (exact) mass is 262 g/mol. The van der Waals surface area contributed by atoms with Crippen molar-refractivity contribution in [3.05, 3.63) is 23.8 Å². The van der Waals surface area contributed by atoms with E-state index < -0.39 is 17.9 Å². The Bertz CT molecular complexity index is 417. The molecule has 0 aromatic heterocycles. The van der Waals surface area contributed by atoms with Crippen LogP contribution < -0.4 is 15.4 Å². The summed E-state index contributed by atoms with van der Waals surface area (Å²) in [5.41, 5.74) is 0.393. The third-order valence-corrected chi connectivity index (χ3v) is 2.67. The van der Waals surface area contributed by atoms with Crippen LogP contribution in [0.2, 0.25) is 0 Å². The molecule has 0 bridgehead atoms. The van der Waals surface area contributed by atoms with Crippen LogP contribution in [0.1, 0.15) is 11.6 Å². The van der Waals surface area contributed by atoms with Gasteiger partial charge in [-0.15, -0.1) is 13.2 Å². The van der Waals surface area contributed by atoms with Crippen LogP contribution in [0.15, 0.2) is 18.2 Å². The first-order chi connectivity index (χ1) is 8.47. The predicted octanol–water partition coefficient (Wildman–Crippen LogP) is 1.52. The Hall–Kier alpha value is -1.47. The Kier molecular flexibility index (Phi) is 3.63. The van der Waals surface area contributed by atoms with Crippen LogP contribution in [0, 0.1) is 0 Å². The largest absolute Gasteiger partial charge is 0.573 e. The van der Waals surface area contributed by atoms with Crippen LogP contribution in [-0.4, -0.2) is 31.1 Å². The Morgan fingerprint density at radius 2 is 2.06 bits per heavy atom. The zero-order valence-electron chi connectivity index (χ0n) is 9.42. The molecule has 4 nitrogen and oxygen atoms in total. The zero-order valence-corrected chi connectivity index (χ0v) is 9.42. The lowest BCUT2D eigenvalue weighted by Crippen LogP contribution is -2.42. The molecule has 1 saturated heterocycles. The van der Waals surface area contributed by atoms with Crippen molar-refractivity contribution < 1.29 is 23.0 Å². The Morgan fingerprint density at radius 1 is 1.28 bits per heavy atom. The van der Waals surface area contributed by atoms with Crippen LogP contribution in [0.3, 0.4) is 0 Å². The van der Waals surface area contributed by atoms with E-state index >= 15 is 0 Å². The second kappa shape index (κ2) is 5.03. The minimum absolute atomic E-state index is 0.226. The molecule has 1 atom stereocenters. The molecule has 1 aliphatic rings. The van der Waals surface area contributed by atoms with Gasteiger partial charge in [0.05, 0.1) is 0 Å². The highest BCUT2D eigenvalue weighted by Gasteiger charge is 2.33. The summed E-state index contributed by atoms with van der Waals surface area (Å²) in [5, 5.41) is 16.0. The fourth-order valence-corrected chi connectivity index (χ4v) is 1.90. The van der Waals surface area contributed by atoms with Crippen molar-refractivity contribution in [2.45, 2.75) is 12.4 Å². The van der Waals surface area contributed by atoms with Crippen LogP contribution in [0.5, 0.6) is 11.5 Å². The van der Waals surface area contributed by atoms with E-state index in [4.69, 9.17) is 0 Å². The smallest absolute Gasteiger partial charge is 0.504 e. The fourth-order valence-electron chi connectivity index (χ4n) is 1.90. The summed E-state index contributed by atoms with van der Waals surface area (Å²) in [6.45, 7) is 2.02. The van der Waals surface area contributed by atoms with E-state index in [0.717, 1.165) is 12.6 Å². The molecule has 1 aromatic carbocycles. The van der Waals surface area contributed by atoms with Gasteiger partial charge in [-0.2, -0.15) is 0 Å². The third kappa shape index (κ3) is 3.05. The van der Waals surface area contributed by atoms with Crippen molar-refractivity contribution in [3.8, 4) is 11.5 Å². The molecule has 0 aliphatic carbocycles. The molecule has 0 radical (unpaired) electrons. The number of hydrogen-bond acceptors (Lipinski definition) is 4. The van der Waals surface area contributed by atoms with Crippen LogP contribution in [0.25, 0.3) is 0 Å². The molecule has 1 aromatic rings.